The summed E-state index contributed by atoms with van der Waals surface area (Å²) in [7, 11) is 0. The maximum absolute atomic E-state index is 4.58. The molecule has 3 rings (SSSR count). The van der Waals surface area contributed by atoms with Crippen LogP contribution in [0.3, 0.4) is 0 Å². The number of rotatable bonds is 2. The van der Waals surface area contributed by atoms with Gasteiger partial charge in [-0.1, -0.05) is 12.1 Å². The molecule has 0 N–H and O–H groups in total. The van der Waals surface area contributed by atoms with Crippen LogP contribution >= 0.6 is 22.7 Å². The van der Waals surface area contributed by atoms with Gasteiger partial charge in [-0.25, -0.2) is 4.98 Å². The number of aryl methyl sites for hydroxylation is 1. The summed E-state index contributed by atoms with van der Waals surface area (Å²) in [6.07, 6.45) is 4.25. The molecule has 0 amide bonds. The molecule has 2 aromatic heterocycles. The van der Waals surface area contributed by atoms with Crippen LogP contribution in [-0.4, -0.2) is 4.98 Å². The fourth-order valence-electron chi connectivity index (χ4n) is 1.66. The third-order valence-electron chi connectivity index (χ3n) is 2.59. The second-order valence-corrected chi connectivity index (χ2v) is 5.83. The number of hydrogen-bond donors (Lipinski definition) is 0. The van der Waals surface area contributed by atoms with Gasteiger partial charge in [0.05, 0.1) is 10.2 Å². The number of thiophene rings is 1. The summed E-state index contributed by atoms with van der Waals surface area (Å²) in [5.41, 5.74) is 2.41. The molecule has 0 saturated carbocycles. The minimum Gasteiger partial charge on any atom is -0.237 e. The minimum absolute atomic E-state index is 1.07. The van der Waals surface area contributed by atoms with E-state index in [-0.39, 0.29) is 0 Å². The Bertz CT molecular complexity index is 643. The number of para-hydroxylation sites is 1. The quantitative estimate of drug-likeness (QED) is 0.640. The minimum atomic E-state index is 1.07. The molecule has 0 bridgehead atoms. The van der Waals surface area contributed by atoms with Gasteiger partial charge < -0.3 is 0 Å². The first-order valence-corrected chi connectivity index (χ1v) is 7.10. The van der Waals surface area contributed by atoms with E-state index in [1.165, 1.54) is 15.1 Å². The van der Waals surface area contributed by atoms with Crippen molar-refractivity contribution in [2.45, 2.75) is 6.92 Å². The van der Waals surface area contributed by atoms with Gasteiger partial charge in [-0.3, -0.25) is 0 Å². The van der Waals surface area contributed by atoms with Crippen LogP contribution in [-0.2, 0) is 0 Å². The van der Waals surface area contributed by atoms with Crippen LogP contribution in [0.5, 0.6) is 0 Å². The Hall–Kier alpha value is -1.45. The van der Waals surface area contributed by atoms with Crippen molar-refractivity contribution in [3.8, 4) is 0 Å². The van der Waals surface area contributed by atoms with E-state index in [0.29, 0.717) is 0 Å². The van der Waals surface area contributed by atoms with Gasteiger partial charge in [0.15, 0.2) is 0 Å². The van der Waals surface area contributed by atoms with E-state index in [1.807, 2.05) is 6.07 Å². The van der Waals surface area contributed by atoms with E-state index in [4.69, 9.17) is 0 Å². The van der Waals surface area contributed by atoms with Gasteiger partial charge in [0.25, 0.3) is 0 Å². The number of fused-ring (bicyclic) bond motifs is 1. The van der Waals surface area contributed by atoms with Crippen molar-refractivity contribution in [1.82, 2.24) is 4.98 Å². The van der Waals surface area contributed by atoms with Gasteiger partial charge in [0, 0.05) is 4.88 Å². The van der Waals surface area contributed by atoms with E-state index >= 15 is 0 Å². The Balaban J connectivity index is 1.95. The van der Waals surface area contributed by atoms with E-state index in [2.05, 4.69) is 53.7 Å². The van der Waals surface area contributed by atoms with Crippen molar-refractivity contribution in [2.75, 3.05) is 0 Å². The lowest BCUT2D eigenvalue weighted by Gasteiger charge is -1.87. The van der Waals surface area contributed by atoms with Crippen molar-refractivity contribution in [1.29, 1.82) is 0 Å². The third-order valence-corrected chi connectivity index (χ3v) is 4.58. The predicted molar refractivity (Wildman–Crippen MR) is 77.6 cm³/mol. The molecule has 84 valence electrons. The lowest BCUT2D eigenvalue weighted by atomic mass is 10.3. The van der Waals surface area contributed by atoms with Gasteiger partial charge in [-0.05, 0) is 48.2 Å². The second kappa shape index (κ2) is 4.43. The summed E-state index contributed by atoms with van der Waals surface area (Å²) in [6, 6.07) is 10.4. The number of benzene rings is 1. The Morgan fingerprint density at radius 2 is 2.00 bits per heavy atom. The lowest BCUT2D eigenvalue weighted by Crippen LogP contribution is -1.69. The summed E-state index contributed by atoms with van der Waals surface area (Å²) >= 11 is 3.50. The zero-order valence-corrected chi connectivity index (χ0v) is 11.0. The molecular formula is C14H11NS2. The van der Waals surface area contributed by atoms with Gasteiger partial charge >= 0.3 is 0 Å². The Morgan fingerprint density at radius 1 is 1.12 bits per heavy atom. The maximum atomic E-state index is 4.58. The van der Waals surface area contributed by atoms with Crippen LogP contribution in [0, 0.1) is 6.92 Å². The Kier molecular flexibility index (Phi) is 2.79. The first-order chi connectivity index (χ1) is 8.33. The van der Waals surface area contributed by atoms with Crippen LogP contribution in [0.15, 0.2) is 35.7 Å². The largest absolute Gasteiger partial charge is 0.237 e. The summed E-state index contributed by atoms with van der Waals surface area (Å²) in [4.78, 5) is 5.89. The van der Waals surface area contributed by atoms with E-state index < -0.39 is 0 Å². The van der Waals surface area contributed by atoms with Crippen LogP contribution < -0.4 is 0 Å². The molecule has 17 heavy (non-hydrogen) atoms. The first kappa shape index (κ1) is 10.7. The Morgan fingerprint density at radius 3 is 2.76 bits per heavy atom. The van der Waals surface area contributed by atoms with Gasteiger partial charge in [-0.2, -0.15) is 0 Å². The summed E-state index contributed by atoms with van der Waals surface area (Å²) < 4.78 is 1.25. The summed E-state index contributed by atoms with van der Waals surface area (Å²) in [5.74, 6) is 0. The molecule has 0 aliphatic carbocycles. The highest BCUT2D eigenvalue weighted by molar-refractivity contribution is 7.19. The molecule has 2 heterocycles. The number of hydrogen-bond acceptors (Lipinski definition) is 3. The average molecular weight is 257 g/mol. The molecule has 3 aromatic rings. The normalized spacial score (nSPS) is 11.6. The topological polar surface area (TPSA) is 12.9 Å². The molecule has 0 unspecified atom stereocenters. The number of aromatic nitrogens is 1. The van der Waals surface area contributed by atoms with Crippen LogP contribution in [0.25, 0.3) is 22.4 Å². The summed E-state index contributed by atoms with van der Waals surface area (Å²) in [5, 5.41) is 3.19. The van der Waals surface area contributed by atoms with Crippen molar-refractivity contribution < 1.29 is 0 Å². The smallest absolute Gasteiger partial charge is 0.117 e. The molecule has 0 atom stereocenters. The van der Waals surface area contributed by atoms with Crippen LogP contribution in [0.2, 0.25) is 0 Å². The average Bonchev–Trinajstić information content (AvgIpc) is 2.92. The van der Waals surface area contributed by atoms with Crippen LogP contribution in [0.1, 0.15) is 15.4 Å². The fraction of sp³-hybridized carbons (Fsp3) is 0.0714. The second-order valence-electron chi connectivity index (χ2n) is 3.82. The molecule has 0 radical (unpaired) electrons. The molecular weight excluding hydrogens is 246 g/mol. The predicted octanol–water partition coefficient (Wildman–Crippen LogP) is 4.84. The highest BCUT2D eigenvalue weighted by Crippen LogP contribution is 2.24. The van der Waals surface area contributed by atoms with Crippen molar-refractivity contribution in [2.24, 2.45) is 0 Å². The molecule has 3 heteroatoms. The van der Waals surface area contributed by atoms with Gasteiger partial charge in [-0.15, -0.1) is 22.7 Å². The zero-order chi connectivity index (χ0) is 11.7. The van der Waals surface area contributed by atoms with E-state index in [1.54, 1.807) is 22.7 Å². The lowest BCUT2D eigenvalue weighted by molar-refractivity contribution is 1.46. The van der Waals surface area contributed by atoms with E-state index in [0.717, 1.165) is 10.5 Å². The molecule has 1 aromatic carbocycles. The summed E-state index contributed by atoms with van der Waals surface area (Å²) in [6.45, 7) is 2.13. The molecule has 0 aliphatic rings. The zero-order valence-electron chi connectivity index (χ0n) is 9.38. The molecule has 0 fully saturated rings. The highest BCUT2D eigenvalue weighted by Gasteiger charge is 2.00. The SMILES string of the molecule is Cc1ccsc1C=Cc1nc2ccccc2s1. The van der Waals surface area contributed by atoms with Crippen LogP contribution in [0.4, 0.5) is 0 Å². The molecule has 0 saturated heterocycles. The first-order valence-electron chi connectivity index (χ1n) is 5.41. The monoisotopic (exact) mass is 257 g/mol. The number of thiazole rings is 1. The number of nitrogens with zero attached hydrogens (tertiary/aromatic N) is 1. The van der Waals surface area contributed by atoms with E-state index in [9.17, 15) is 0 Å². The molecule has 1 nitrogen and oxygen atoms in total. The Labute approximate surface area is 108 Å². The highest BCUT2D eigenvalue weighted by atomic mass is 32.1. The maximum Gasteiger partial charge on any atom is 0.117 e. The van der Waals surface area contributed by atoms with Crippen molar-refractivity contribution in [3.63, 3.8) is 0 Å². The molecule has 0 aliphatic heterocycles. The van der Waals surface area contributed by atoms with Gasteiger partial charge in [0.2, 0.25) is 0 Å². The third kappa shape index (κ3) is 2.16. The van der Waals surface area contributed by atoms with Crippen molar-refractivity contribution >= 4 is 45.0 Å². The van der Waals surface area contributed by atoms with Crippen molar-refractivity contribution in [3.05, 3.63) is 51.2 Å². The molecule has 0 spiro atoms. The van der Waals surface area contributed by atoms with Gasteiger partial charge in [0.1, 0.15) is 5.01 Å². The standard InChI is InChI=1S/C14H11NS2/c1-10-8-9-16-12(10)6-7-14-15-11-4-2-3-5-13(11)17-14/h2-9H,1H3. The fourth-order valence-corrected chi connectivity index (χ4v) is 3.35.